The summed E-state index contributed by atoms with van der Waals surface area (Å²) in [4.78, 5) is 2.20. The van der Waals surface area contributed by atoms with Gasteiger partial charge in [-0.25, -0.2) is 0 Å². The summed E-state index contributed by atoms with van der Waals surface area (Å²) in [5.41, 5.74) is 7.95. The van der Waals surface area contributed by atoms with Crippen LogP contribution in [0.3, 0.4) is 0 Å². The lowest BCUT2D eigenvalue weighted by molar-refractivity contribution is 0.397. The molecule has 1 aromatic rings. The Hall–Kier alpha value is -0.980. The van der Waals surface area contributed by atoms with Gasteiger partial charge < -0.3 is 10.6 Å². The number of rotatable bonds is 9. The van der Waals surface area contributed by atoms with E-state index in [9.17, 15) is 0 Å². The normalized spacial score (nSPS) is 12.3. The molecule has 6 heteroatoms. The van der Waals surface area contributed by atoms with Crippen LogP contribution >= 0.6 is 23.5 Å². The standard InChI is InChI=1S/C17H28N4S2/c1-13(18)23-16(8-10-21(2)3)12-15-6-4-14(5-7-15)9-11-22-17(19)20/h4-7,16,18H,8-12H2,1-3H3,(H3,19,20)/t16-/m1/s1. The Morgan fingerprint density at radius 3 is 2.30 bits per heavy atom. The molecule has 0 bridgehead atoms. The molecule has 0 aliphatic heterocycles. The summed E-state index contributed by atoms with van der Waals surface area (Å²) in [6.45, 7) is 2.91. The minimum Gasteiger partial charge on any atom is -0.379 e. The van der Waals surface area contributed by atoms with Crippen LogP contribution in [0.5, 0.6) is 0 Å². The van der Waals surface area contributed by atoms with E-state index in [-0.39, 0.29) is 5.17 Å². The van der Waals surface area contributed by atoms with E-state index in [1.165, 1.54) is 22.9 Å². The van der Waals surface area contributed by atoms with Crippen molar-refractivity contribution in [3.05, 3.63) is 35.4 Å². The molecule has 4 N–H and O–H groups in total. The predicted molar refractivity (Wildman–Crippen MR) is 106 cm³/mol. The molecular weight excluding hydrogens is 324 g/mol. The van der Waals surface area contributed by atoms with Crippen LogP contribution in [0.25, 0.3) is 0 Å². The lowest BCUT2D eigenvalue weighted by Gasteiger charge is -2.18. The summed E-state index contributed by atoms with van der Waals surface area (Å²) in [5, 5.41) is 16.3. The highest BCUT2D eigenvalue weighted by atomic mass is 32.2. The highest BCUT2D eigenvalue weighted by molar-refractivity contribution is 8.14. The Bertz CT molecular complexity index is 500. The zero-order valence-corrected chi connectivity index (χ0v) is 15.9. The molecule has 1 atom stereocenters. The zero-order chi connectivity index (χ0) is 17.2. The fourth-order valence-corrected chi connectivity index (χ4v) is 3.80. The van der Waals surface area contributed by atoms with Crippen LogP contribution in [0.2, 0.25) is 0 Å². The molecule has 0 aliphatic carbocycles. The molecule has 0 saturated carbocycles. The van der Waals surface area contributed by atoms with Gasteiger partial charge in [-0.15, -0.1) is 11.8 Å². The number of hydrogen-bond donors (Lipinski definition) is 3. The molecule has 4 nitrogen and oxygen atoms in total. The first-order valence-corrected chi connectivity index (χ1v) is 9.64. The fourth-order valence-electron chi connectivity index (χ4n) is 2.24. The largest absolute Gasteiger partial charge is 0.379 e. The maximum Gasteiger partial charge on any atom is 0.151 e. The van der Waals surface area contributed by atoms with Crippen molar-refractivity contribution in [2.24, 2.45) is 5.73 Å². The van der Waals surface area contributed by atoms with Gasteiger partial charge in [0.15, 0.2) is 5.17 Å². The third-order valence-electron chi connectivity index (χ3n) is 3.38. The highest BCUT2D eigenvalue weighted by Crippen LogP contribution is 2.21. The van der Waals surface area contributed by atoms with Gasteiger partial charge in [0.05, 0.1) is 5.04 Å². The van der Waals surface area contributed by atoms with Crippen molar-refractivity contribution in [3.8, 4) is 0 Å². The number of nitrogens with zero attached hydrogens (tertiary/aromatic N) is 1. The Morgan fingerprint density at radius 2 is 1.78 bits per heavy atom. The summed E-state index contributed by atoms with van der Waals surface area (Å²) in [7, 11) is 4.18. The fraction of sp³-hybridized carbons (Fsp3) is 0.529. The van der Waals surface area contributed by atoms with Gasteiger partial charge in [-0.05, 0) is 58.0 Å². The van der Waals surface area contributed by atoms with Crippen molar-refractivity contribution in [2.45, 2.75) is 31.4 Å². The first kappa shape index (κ1) is 20.1. The second-order valence-corrected chi connectivity index (χ2v) is 8.52. The monoisotopic (exact) mass is 352 g/mol. The van der Waals surface area contributed by atoms with Crippen LogP contribution in [0.15, 0.2) is 24.3 Å². The lowest BCUT2D eigenvalue weighted by Crippen LogP contribution is -2.20. The minimum absolute atomic E-state index is 0.185. The summed E-state index contributed by atoms with van der Waals surface area (Å²) in [6.07, 6.45) is 3.02. The summed E-state index contributed by atoms with van der Waals surface area (Å²) >= 11 is 3.06. The summed E-state index contributed by atoms with van der Waals surface area (Å²) < 4.78 is 0. The molecule has 0 aliphatic rings. The van der Waals surface area contributed by atoms with Gasteiger partial charge in [0, 0.05) is 11.0 Å². The van der Waals surface area contributed by atoms with Gasteiger partial charge in [-0.2, -0.15) is 0 Å². The van der Waals surface area contributed by atoms with Crippen molar-refractivity contribution < 1.29 is 0 Å². The van der Waals surface area contributed by atoms with Gasteiger partial charge in [0.2, 0.25) is 0 Å². The maximum atomic E-state index is 7.74. The van der Waals surface area contributed by atoms with Crippen LogP contribution in [0.4, 0.5) is 0 Å². The Kier molecular flexibility index (Phi) is 9.36. The average Bonchev–Trinajstić information content (AvgIpc) is 2.45. The molecular formula is C17H28N4S2. The van der Waals surface area contributed by atoms with Gasteiger partial charge in [0.25, 0.3) is 0 Å². The van der Waals surface area contributed by atoms with Crippen LogP contribution in [0.1, 0.15) is 24.5 Å². The number of thioether (sulfide) groups is 2. The maximum absolute atomic E-state index is 7.74. The van der Waals surface area contributed by atoms with E-state index in [0.717, 1.165) is 31.6 Å². The van der Waals surface area contributed by atoms with Gasteiger partial charge in [0.1, 0.15) is 0 Å². The molecule has 1 aromatic carbocycles. The Labute approximate surface area is 148 Å². The molecule has 0 unspecified atom stereocenters. The van der Waals surface area contributed by atoms with Crippen LogP contribution in [-0.2, 0) is 12.8 Å². The number of aryl methyl sites for hydroxylation is 1. The van der Waals surface area contributed by atoms with E-state index in [2.05, 4.69) is 43.3 Å². The second kappa shape index (κ2) is 10.7. The molecule has 0 amide bonds. The van der Waals surface area contributed by atoms with E-state index in [1.807, 2.05) is 6.92 Å². The predicted octanol–water partition coefficient (Wildman–Crippen LogP) is 3.45. The third-order valence-corrected chi connectivity index (χ3v) is 5.18. The lowest BCUT2D eigenvalue weighted by atomic mass is 10.0. The van der Waals surface area contributed by atoms with E-state index in [4.69, 9.17) is 16.6 Å². The van der Waals surface area contributed by atoms with Gasteiger partial charge in [-0.3, -0.25) is 10.8 Å². The highest BCUT2D eigenvalue weighted by Gasteiger charge is 2.12. The minimum atomic E-state index is 0.185. The van der Waals surface area contributed by atoms with Crippen molar-refractivity contribution in [1.82, 2.24) is 4.90 Å². The topological polar surface area (TPSA) is 77.0 Å². The number of amidine groups is 1. The quantitative estimate of drug-likeness (QED) is 0.470. The molecule has 0 spiro atoms. The van der Waals surface area contributed by atoms with Crippen molar-refractivity contribution in [1.29, 1.82) is 10.8 Å². The first-order chi connectivity index (χ1) is 10.9. The van der Waals surface area contributed by atoms with Crippen molar-refractivity contribution >= 4 is 33.7 Å². The number of hydrogen-bond acceptors (Lipinski definition) is 5. The molecule has 0 radical (unpaired) electrons. The molecule has 0 saturated heterocycles. The number of benzene rings is 1. The van der Waals surface area contributed by atoms with Crippen LogP contribution in [-0.4, -0.2) is 46.8 Å². The number of nitrogens with one attached hydrogen (secondary N) is 2. The molecule has 23 heavy (non-hydrogen) atoms. The smallest absolute Gasteiger partial charge is 0.151 e. The van der Waals surface area contributed by atoms with Crippen molar-refractivity contribution in [3.63, 3.8) is 0 Å². The molecule has 0 fully saturated rings. The number of nitrogens with two attached hydrogens (primary N) is 1. The molecule has 128 valence electrons. The zero-order valence-electron chi connectivity index (χ0n) is 14.3. The summed E-state index contributed by atoms with van der Waals surface area (Å²) in [5.74, 6) is 0.850. The Balaban J connectivity index is 2.54. The van der Waals surface area contributed by atoms with Gasteiger partial charge >= 0.3 is 0 Å². The first-order valence-electron chi connectivity index (χ1n) is 7.78. The Morgan fingerprint density at radius 1 is 1.17 bits per heavy atom. The van der Waals surface area contributed by atoms with E-state index >= 15 is 0 Å². The van der Waals surface area contributed by atoms with E-state index < -0.39 is 0 Å². The van der Waals surface area contributed by atoms with Crippen molar-refractivity contribution in [2.75, 3.05) is 26.4 Å². The molecule has 0 aromatic heterocycles. The van der Waals surface area contributed by atoms with E-state index in [0.29, 0.717) is 10.3 Å². The van der Waals surface area contributed by atoms with Crippen LogP contribution in [0, 0.1) is 10.8 Å². The van der Waals surface area contributed by atoms with Crippen LogP contribution < -0.4 is 5.73 Å². The SMILES string of the molecule is CC(=N)S[C@H](CCN(C)C)Cc1ccc(CCSC(=N)N)cc1. The average molecular weight is 353 g/mol. The van der Waals surface area contributed by atoms with E-state index in [1.54, 1.807) is 11.8 Å². The third kappa shape index (κ3) is 9.69. The summed E-state index contributed by atoms with van der Waals surface area (Å²) in [6, 6.07) is 8.72. The molecule has 0 heterocycles. The second-order valence-electron chi connectivity index (χ2n) is 5.87. The van der Waals surface area contributed by atoms with Gasteiger partial charge in [-0.1, -0.05) is 36.0 Å². The molecule has 1 rings (SSSR count).